The molecule has 2 aliphatic rings. The summed E-state index contributed by atoms with van der Waals surface area (Å²) in [5, 5.41) is 10.9. The summed E-state index contributed by atoms with van der Waals surface area (Å²) in [5.41, 5.74) is 0.318. The number of alkyl halides is 2. The Hall–Kier alpha value is -2.90. The van der Waals surface area contributed by atoms with Crippen LogP contribution in [0.2, 0.25) is 0 Å². The minimum atomic E-state index is -4.22. The van der Waals surface area contributed by atoms with Crippen molar-refractivity contribution >= 4 is 15.7 Å². The smallest absolute Gasteiger partial charge is 0.271 e. The molecule has 2 saturated carbocycles. The molecule has 10 heteroatoms. The van der Waals surface area contributed by atoms with E-state index in [0.29, 0.717) is 36.6 Å². The van der Waals surface area contributed by atoms with Gasteiger partial charge in [0.1, 0.15) is 5.54 Å². The van der Waals surface area contributed by atoms with Crippen LogP contribution in [0.1, 0.15) is 43.9 Å². The first-order valence-corrected chi connectivity index (χ1v) is 12.9. The maximum atomic E-state index is 14.7. The van der Waals surface area contributed by atoms with E-state index in [4.69, 9.17) is 4.74 Å². The van der Waals surface area contributed by atoms with Gasteiger partial charge in [0.2, 0.25) is 5.91 Å². The number of ether oxygens (including phenoxy) is 1. The number of amides is 1. The van der Waals surface area contributed by atoms with Crippen LogP contribution < -0.4 is 5.32 Å². The van der Waals surface area contributed by atoms with Gasteiger partial charge < -0.3 is 10.1 Å². The third-order valence-electron chi connectivity index (χ3n) is 6.85. The first kappa shape index (κ1) is 25.2. The Balaban J connectivity index is 1.67. The zero-order valence-corrected chi connectivity index (χ0v) is 20.5. The van der Waals surface area contributed by atoms with Crippen molar-refractivity contribution in [2.24, 2.45) is 5.92 Å². The third-order valence-corrected chi connectivity index (χ3v) is 9.09. The van der Waals surface area contributed by atoms with E-state index in [-0.39, 0.29) is 12.8 Å². The van der Waals surface area contributed by atoms with Gasteiger partial charge in [-0.1, -0.05) is 6.07 Å². The van der Waals surface area contributed by atoms with Gasteiger partial charge in [0.15, 0.2) is 9.84 Å². The van der Waals surface area contributed by atoms with Gasteiger partial charge in [0, 0.05) is 31.5 Å². The number of nitriles is 1. The quantitative estimate of drug-likeness (QED) is 0.614. The molecule has 0 aliphatic heterocycles. The number of aryl methyl sites for hydroxylation is 1. The topological polar surface area (TPSA) is 109 Å². The van der Waals surface area contributed by atoms with E-state index in [0.717, 1.165) is 0 Å². The van der Waals surface area contributed by atoms with Gasteiger partial charge >= 0.3 is 0 Å². The van der Waals surface area contributed by atoms with E-state index in [1.807, 2.05) is 0 Å². The summed E-state index contributed by atoms with van der Waals surface area (Å²) in [6.45, 7) is 2.45. The van der Waals surface area contributed by atoms with E-state index in [9.17, 15) is 27.3 Å². The second kappa shape index (κ2) is 8.95. The Morgan fingerprint density at radius 2 is 1.91 bits per heavy atom. The largest absolute Gasteiger partial charge is 0.381 e. The number of nitrogens with zero attached hydrogens (tertiary/aromatic N) is 2. The molecule has 2 aromatic rings. The lowest BCUT2D eigenvalue weighted by Gasteiger charge is -2.20. The summed E-state index contributed by atoms with van der Waals surface area (Å²) < 4.78 is 62.0. The number of nitrogens with one attached hydrogen (secondary N) is 1. The molecule has 186 valence electrons. The van der Waals surface area contributed by atoms with Crippen molar-refractivity contribution in [3.8, 4) is 17.2 Å². The monoisotopic (exact) mass is 503 g/mol. The van der Waals surface area contributed by atoms with Crippen molar-refractivity contribution in [2.75, 3.05) is 7.11 Å². The van der Waals surface area contributed by atoms with E-state index in [1.54, 1.807) is 25.3 Å². The lowest BCUT2D eigenvalue weighted by molar-refractivity contribution is -0.128. The molecule has 3 atom stereocenters. The Morgan fingerprint density at radius 3 is 2.49 bits per heavy atom. The van der Waals surface area contributed by atoms with Crippen molar-refractivity contribution in [1.29, 1.82) is 5.26 Å². The van der Waals surface area contributed by atoms with E-state index in [1.165, 1.54) is 25.3 Å². The molecule has 1 aromatic carbocycles. The number of carbonyl (C=O) groups is 1. The molecule has 3 unspecified atom stereocenters. The number of methoxy groups -OCH3 is 1. The van der Waals surface area contributed by atoms with Crippen molar-refractivity contribution in [1.82, 2.24) is 10.3 Å². The van der Waals surface area contributed by atoms with Crippen molar-refractivity contribution < 1.29 is 26.7 Å². The molecule has 4 rings (SSSR count). The number of hydrogen-bond donors (Lipinski definition) is 1. The summed E-state index contributed by atoms with van der Waals surface area (Å²) in [4.78, 5) is 16.5. The second-order valence-electron chi connectivity index (χ2n) is 9.49. The Kier molecular flexibility index (Phi) is 6.45. The molecular formula is C25H27F2N3O4S. The van der Waals surface area contributed by atoms with E-state index in [2.05, 4.69) is 16.4 Å². The fourth-order valence-electron chi connectivity index (χ4n) is 4.67. The molecule has 1 N–H and O–H groups in total. The minimum absolute atomic E-state index is 0.00347. The zero-order valence-electron chi connectivity index (χ0n) is 19.7. The summed E-state index contributed by atoms with van der Waals surface area (Å²) in [6.07, 6.45) is 1.87. The van der Waals surface area contributed by atoms with Gasteiger partial charge in [-0.25, -0.2) is 17.2 Å². The van der Waals surface area contributed by atoms with Crippen molar-refractivity contribution in [3.05, 3.63) is 47.8 Å². The zero-order chi connectivity index (χ0) is 25.6. The van der Waals surface area contributed by atoms with Gasteiger partial charge in [-0.2, -0.15) is 5.26 Å². The minimum Gasteiger partial charge on any atom is -0.381 e. The van der Waals surface area contributed by atoms with Gasteiger partial charge in [0.05, 0.1) is 28.2 Å². The molecular weight excluding hydrogens is 476 g/mol. The third kappa shape index (κ3) is 4.93. The summed E-state index contributed by atoms with van der Waals surface area (Å²) in [5.74, 6) is -4.66. The van der Waals surface area contributed by atoms with Gasteiger partial charge in [0.25, 0.3) is 5.92 Å². The normalized spacial score (nSPS) is 23.5. The highest BCUT2D eigenvalue weighted by Gasteiger charge is 2.50. The summed E-state index contributed by atoms with van der Waals surface area (Å²) in [6, 6.07) is 9.42. The van der Waals surface area contributed by atoms with Gasteiger partial charge in [-0.3, -0.25) is 9.78 Å². The van der Waals surface area contributed by atoms with Crippen LogP contribution in [0.5, 0.6) is 0 Å². The van der Waals surface area contributed by atoms with Crippen molar-refractivity contribution in [3.63, 3.8) is 0 Å². The number of benzene rings is 1. The lowest BCUT2D eigenvalue weighted by Crippen LogP contribution is -2.42. The first-order chi connectivity index (χ1) is 16.4. The number of halogens is 2. The van der Waals surface area contributed by atoms with Crippen LogP contribution in [-0.4, -0.2) is 43.3 Å². The number of pyridine rings is 1. The predicted octanol–water partition coefficient (Wildman–Crippen LogP) is 3.91. The SMILES string of the molecule is COC1CC(S(=O)(=O)c2ccc(-c3ccnc(C)c3)cc2C(C)(F)F)CC1C(=O)NC1(C#N)CC1. The van der Waals surface area contributed by atoms with Crippen LogP contribution in [0.15, 0.2) is 41.4 Å². The van der Waals surface area contributed by atoms with Crippen LogP contribution in [0, 0.1) is 24.2 Å². The first-order valence-electron chi connectivity index (χ1n) is 11.4. The Labute approximate surface area is 203 Å². The number of carbonyl (C=O) groups excluding carboxylic acids is 1. The number of hydrogen-bond acceptors (Lipinski definition) is 6. The predicted molar refractivity (Wildman–Crippen MR) is 124 cm³/mol. The van der Waals surface area contributed by atoms with Crippen LogP contribution in [0.4, 0.5) is 8.78 Å². The summed E-state index contributed by atoms with van der Waals surface area (Å²) >= 11 is 0. The molecule has 1 amide bonds. The van der Waals surface area contributed by atoms with Crippen LogP contribution in [0.25, 0.3) is 11.1 Å². The number of sulfone groups is 1. The molecule has 7 nitrogen and oxygen atoms in total. The fraction of sp³-hybridized carbons (Fsp3) is 0.480. The van der Waals surface area contributed by atoms with Gasteiger partial charge in [-0.15, -0.1) is 0 Å². The Morgan fingerprint density at radius 1 is 1.23 bits per heavy atom. The molecule has 2 fully saturated rings. The fourth-order valence-corrected chi connectivity index (χ4v) is 6.73. The standard InChI is InChI=1S/C25H27F2N3O4S/c1-15-10-17(6-9-29-15)16-4-5-22(20(11-16)24(2,26)27)35(32,33)18-12-19(21(13-18)34-3)23(31)30-25(14-28)7-8-25/h4-6,9-11,18-19,21H,7-8,12-13H2,1-3H3,(H,30,31). The highest BCUT2D eigenvalue weighted by molar-refractivity contribution is 7.92. The highest BCUT2D eigenvalue weighted by Crippen LogP contribution is 2.42. The number of rotatable bonds is 7. The average Bonchev–Trinajstić information content (AvgIpc) is 3.43. The maximum Gasteiger partial charge on any atom is 0.271 e. The Bertz CT molecular complexity index is 1300. The van der Waals surface area contributed by atoms with Gasteiger partial charge in [-0.05, 0) is 68.0 Å². The van der Waals surface area contributed by atoms with Crippen LogP contribution >= 0.6 is 0 Å². The van der Waals surface area contributed by atoms with Crippen molar-refractivity contribution in [2.45, 2.75) is 67.2 Å². The van der Waals surface area contributed by atoms with E-state index < -0.39 is 54.9 Å². The molecule has 0 saturated heterocycles. The molecule has 2 aliphatic carbocycles. The highest BCUT2D eigenvalue weighted by atomic mass is 32.2. The molecule has 0 bridgehead atoms. The maximum absolute atomic E-state index is 14.7. The molecule has 1 aromatic heterocycles. The number of aromatic nitrogens is 1. The van der Waals surface area contributed by atoms with Crippen LogP contribution in [-0.2, 0) is 25.3 Å². The lowest BCUT2D eigenvalue weighted by atomic mass is 10.0. The average molecular weight is 504 g/mol. The molecule has 0 spiro atoms. The molecule has 1 heterocycles. The van der Waals surface area contributed by atoms with E-state index >= 15 is 0 Å². The second-order valence-corrected chi connectivity index (χ2v) is 11.7. The molecule has 35 heavy (non-hydrogen) atoms. The van der Waals surface area contributed by atoms with Crippen LogP contribution in [0.3, 0.4) is 0 Å². The molecule has 0 radical (unpaired) electrons. The summed E-state index contributed by atoms with van der Waals surface area (Å²) in [7, 11) is -2.84.